The molecule has 0 bridgehead atoms. The third-order valence-electron chi connectivity index (χ3n) is 3.36. The van der Waals surface area contributed by atoms with Crippen molar-refractivity contribution in [2.24, 2.45) is 0 Å². The van der Waals surface area contributed by atoms with Gasteiger partial charge in [-0.1, -0.05) is 37.6 Å². The molecule has 0 heterocycles. The van der Waals surface area contributed by atoms with E-state index in [1.54, 1.807) is 6.92 Å². The van der Waals surface area contributed by atoms with Crippen molar-refractivity contribution in [1.82, 2.24) is 0 Å². The van der Waals surface area contributed by atoms with Crippen molar-refractivity contribution in [3.63, 3.8) is 0 Å². The van der Waals surface area contributed by atoms with Crippen molar-refractivity contribution in [2.45, 2.75) is 32.1 Å². The quantitative estimate of drug-likeness (QED) is 0.648. The summed E-state index contributed by atoms with van der Waals surface area (Å²) in [5.41, 5.74) is 2.76. The molecule has 0 saturated heterocycles. The Kier molecular flexibility index (Phi) is 4.77. The van der Waals surface area contributed by atoms with E-state index >= 15 is 0 Å². The fraction of sp³-hybridized carbons (Fsp3) is 0.294. The van der Waals surface area contributed by atoms with Gasteiger partial charge in [0.15, 0.2) is 0 Å². The Balaban J connectivity index is 2.31. The van der Waals surface area contributed by atoms with E-state index < -0.39 is 17.0 Å². The molecule has 1 unspecified atom stereocenters. The van der Waals surface area contributed by atoms with Gasteiger partial charge in [0.05, 0.1) is 5.38 Å². The highest BCUT2D eigenvalue weighted by molar-refractivity contribution is 6.22. The first kappa shape index (κ1) is 15.0. The van der Waals surface area contributed by atoms with Crippen molar-refractivity contribution < 1.29 is 8.78 Å². The van der Waals surface area contributed by atoms with Gasteiger partial charge >= 0.3 is 0 Å². The number of hydrogen-bond donors (Lipinski definition) is 0. The molecular formula is C17H17ClF2. The molecule has 2 aromatic rings. The number of hydrogen-bond acceptors (Lipinski definition) is 0. The molecule has 2 rings (SSSR count). The maximum absolute atomic E-state index is 13.8. The van der Waals surface area contributed by atoms with Crippen molar-refractivity contribution in [3.8, 4) is 0 Å². The second-order valence-electron chi connectivity index (χ2n) is 4.98. The first-order valence-electron chi connectivity index (χ1n) is 6.71. The van der Waals surface area contributed by atoms with Gasteiger partial charge in [-0.15, -0.1) is 11.6 Å². The standard InChI is InChI=1S/C17H17ClF2/c1-3-4-12-5-7-13(8-6-12)17(18)14-9-11(2)15(19)10-16(14)20/h5-10,17H,3-4H2,1-2H3. The van der Waals surface area contributed by atoms with E-state index in [1.165, 1.54) is 11.6 Å². The summed E-state index contributed by atoms with van der Waals surface area (Å²) in [6.45, 7) is 3.72. The maximum atomic E-state index is 13.8. The van der Waals surface area contributed by atoms with Crippen LogP contribution in [-0.2, 0) is 6.42 Å². The second kappa shape index (κ2) is 6.36. The largest absolute Gasteiger partial charge is 0.207 e. The Morgan fingerprint density at radius 2 is 1.70 bits per heavy atom. The van der Waals surface area contributed by atoms with Crippen LogP contribution >= 0.6 is 11.6 Å². The highest BCUT2D eigenvalue weighted by Gasteiger charge is 2.17. The second-order valence-corrected chi connectivity index (χ2v) is 5.41. The van der Waals surface area contributed by atoms with Gasteiger partial charge in [0.2, 0.25) is 0 Å². The Hall–Kier alpha value is -1.41. The number of alkyl halides is 1. The van der Waals surface area contributed by atoms with E-state index in [2.05, 4.69) is 6.92 Å². The zero-order chi connectivity index (χ0) is 14.7. The zero-order valence-corrected chi connectivity index (χ0v) is 12.3. The fourth-order valence-electron chi connectivity index (χ4n) is 2.20. The number of rotatable bonds is 4. The lowest BCUT2D eigenvalue weighted by Crippen LogP contribution is -2.00. The molecule has 0 aliphatic rings. The SMILES string of the molecule is CCCc1ccc(C(Cl)c2cc(C)c(F)cc2F)cc1. The van der Waals surface area contributed by atoms with Crippen LogP contribution in [0.5, 0.6) is 0 Å². The molecule has 20 heavy (non-hydrogen) atoms. The molecule has 0 spiro atoms. The minimum atomic E-state index is -0.607. The molecule has 106 valence electrons. The van der Waals surface area contributed by atoms with Crippen molar-refractivity contribution in [3.05, 3.63) is 70.3 Å². The summed E-state index contributed by atoms with van der Waals surface area (Å²) in [6.07, 6.45) is 2.09. The average molecular weight is 295 g/mol. The summed E-state index contributed by atoms with van der Waals surface area (Å²) in [5.74, 6) is -1.15. The van der Waals surface area contributed by atoms with Gasteiger partial charge in [-0.3, -0.25) is 0 Å². The van der Waals surface area contributed by atoms with Crippen molar-refractivity contribution in [1.29, 1.82) is 0 Å². The highest BCUT2D eigenvalue weighted by Crippen LogP contribution is 2.32. The molecule has 0 aliphatic heterocycles. The lowest BCUT2D eigenvalue weighted by atomic mass is 10.00. The zero-order valence-electron chi connectivity index (χ0n) is 11.6. The number of halogens is 3. The highest BCUT2D eigenvalue weighted by atomic mass is 35.5. The van der Waals surface area contributed by atoms with Crippen LogP contribution in [0.15, 0.2) is 36.4 Å². The lowest BCUT2D eigenvalue weighted by molar-refractivity contribution is 0.568. The lowest BCUT2D eigenvalue weighted by Gasteiger charge is -2.13. The van der Waals surface area contributed by atoms with Crippen LogP contribution in [0.4, 0.5) is 8.78 Å². The van der Waals surface area contributed by atoms with E-state index in [0.29, 0.717) is 11.1 Å². The van der Waals surface area contributed by atoms with E-state index in [0.717, 1.165) is 24.5 Å². The predicted octanol–water partition coefficient (Wildman–Crippen LogP) is 5.55. The van der Waals surface area contributed by atoms with Crippen LogP contribution in [-0.4, -0.2) is 0 Å². The predicted molar refractivity (Wildman–Crippen MR) is 79.2 cm³/mol. The van der Waals surface area contributed by atoms with Crippen LogP contribution in [0.25, 0.3) is 0 Å². The molecule has 0 N–H and O–H groups in total. The van der Waals surface area contributed by atoms with Crippen LogP contribution in [0.1, 0.15) is 41.0 Å². The number of aryl methyl sites for hydroxylation is 2. The minimum absolute atomic E-state index is 0.314. The molecule has 3 heteroatoms. The molecule has 0 amide bonds. The monoisotopic (exact) mass is 294 g/mol. The molecule has 2 aromatic carbocycles. The van der Waals surface area contributed by atoms with Gasteiger partial charge < -0.3 is 0 Å². The maximum Gasteiger partial charge on any atom is 0.131 e. The molecule has 0 nitrogen and oxygen atoms in total. The third-order valence-corrected chi connectivity index (χ3v) is 3.85. The molecular weight excluding hydrogens is 278 g/mol. The molecule has 0 aromatic heterocycles. The van der Waals surface area contributed by atoms with E-state index in [9.17, 15) is 8.78 Å². The topological polar surface area (TPSA) is 0 Å². The summed E-state index contributed by atoms with van der Waals surface area (Å²) in [4.78, 5) is 0. The minimum Gasteiger partial charge on any atom is -0.207 e. The Labute approximate surface area is 123 Å². The van der Waals surface area contributed by atoms with E-state index in [4.69, 9.17) is 11.6 Å². The van der Waals surface area contributed by atoms with Gasteiger partial charge in [-0.05, 0) is 36.1 Å². The van der Waals surface area contributed by atoms with E-state index in [-0.39, 0.29) is 0 Å². The van der Waals surface area contributed by atoms with Gasteiger partial charge in [-0.25, -0.2) is 8.78 Å². The average Bonchev–Trinajstić information content (AvgIpc) is 2.43. The Morgan fingerprint density at radius 3 is 2.30 bits per heavy atom. The normalized spacial score (nSPS) is 12.4. The molecule has 1 atom stereocenters. The van der Waals surface area contributed by atoms with Gasteiger partial charge in [-0.2, -0.15) is 0 Å². The molecule has 0 aliphatic carbocycles. The third kappa shape index (κ3) is 3.18. The summed E-state index contributed by atoms with van der Waals surface area (Å²) < 4.78 is 27.1. The fourth-order valence-corrected chi connectivity index (χ4v) is 2.51. The van der Waals surface area contributed by atoms with Gasteiger partial charge in [0, 0.05) is 11.6 Å². The Morgan fingerprint density at radius 1 is 1.05 bits per heavy atom. The molecule has 0 fully saturated rings. The summed E-state index contributed by atoms with van der Waals surface area (Å²) in [6, 6.07) is 10.2. The molecule has 0 radical (unpaired) electrons. The number of benzene rings is 2. The van der Waals surface area contributed by atoms with Crippen LogP contribution in [0.2, 0.25) is 0 Å². The van der Waals surface area contributed by atoms with Gasteiger partial charge in [0.1, 0.15) is 11.6 Å². The van der Waals surface area contributed by atoms with Crippen LogP contribution in [0, 0.1) is 18.6 Å². The van der Waals surface area contributed by atoms with Crippen molar-refractivity contribution >= 4 is 11.6 Å². The van der Waals surface area contributed by atoms with Gasteiger partial charge in [0.25, 0.3) is 0 Å². The first-order chi connectivity index (χ1) is 9.52. The molecule has 0 saturated carbocycles. The van der Waals surface area contributed by atoms with Crippen LogP contribution < -0.4 is 0 Å². The summed E-state index contributed by atoms with van der Waals surface area (Å²) >= 11 is 6.33. The smallest absolute Gasteiger partial charge is 0.131 e. The van der Waals surface area contributed by atoms with Crippen molar-refractivity contribution in [2.75, 3.05) is 0 Å². The van der Waals surface area contributed by atoms with Crippen LogP contribution in [0.3, 0.4) is 0 Å². The summed E-state index contributed by atoms with van der Waals surface area (Å²) in [7, 11) is 0. The van der Waals surface area contributed by atoms with E-state index in [1.807, 2.05) is 24.3 Å². The first-order valence-corrected chi connectivity index (χ1v) is 7.15. The Bertz CT molecular complexity index is 591. The summed E-state index contributed by atoms with van der Waals surface area (Å²) in [5, 5.41) is -0.607.